The van der Waals surface area contributed by atoms with Crippen molar-refractivity contribution in [3.63, 3.8) is 0 Å². The average molecular weight is 543 g/mol. The van der Waals surface area contributed by atoms with E-state index in [0.717, 1.165) is 11.1 Å². The van der Waals surface area contributed by atoms with E-state index in [1.54, 1.807) is 30.4 Å². The summed E-state index contributed by atoms with van der Waals surface area (Å²) >= 11 is 4.14. The van der Waals surface area contributed by atoms with Crippen LogP contribution in [0.3, 0.4) is 0 Å². The molecule has 0 bridgehead atoms. The highest BCUT2D eigenvalue weighted by Gasteiger charge is 2.39. The first-order valence-electron chi connectivity index (χ1n) is 10.8. The van der Waals surface area contributed by atoms with Crippen LogP contribution in [0.15, 0.2) is 42.1 Å². The first-order valence-corrected chi connectivity index (χ1v) is 11.3. The summed E-state index contributed by atoms with van der Waals surface area (Å²) < 4.78 is 48.4. The van der Waals surface area contributed by atoms with Crippen molar-refractivity contribution in [2.24, 2.45) is 0 Å². The number of amidine groups is 1. The zero-order valence-electron chi connectivity index (χ0n) is 19.5. The Hall–Kier alpha value is -3.38. The molecule has 0 aliphatic carbocycles. The van der Waals surface area contributed by atoms with Gasteiger partial charge in [0, 0.05) is 18.2 Å². The maximum Gasteiger partial charge on any atom is 0.471 e. The van der Waals surface area contributed by atoms with Gasteiger partial charge in [0.05, 0.1) is 30.3 Å². The summed E-state index contributed by atoms with van der Waals surface area (Å²) in [7, 11) is 0. The van der Waals surface area contributed by atoms with Crippen molar-refractivity contribution < 1.29 is 42.1 Å². The Balaban J connectivity index is 2.27. The van der Waals surface area contributed by atoms with Crippen LogP contribution in [-0.4, -0.2) is 77.3 Å². The molecule has 0 spiro atoms. The summed E-state index contributed by atoms with van der Waals surface area (Å²) in [4.78, 5) is 36.3. The summed E-state index contributed by atoms with van der Waals surface area (Å²) in [5.74, 6) is 1.20. The summed E-state index contributed by atoms with van der Waals surface area (Å²) in [5.41, 5.74) is -0.542. The van der Waals surface area contributed by atoms with Crippen molar-refractivity contribution in [2.75, 3.05) is 13.2 Å². The third-order valence-corrected chi connectivity index (χ3v) is 4.95. The highest BCUT2D eigenvalue weighted by atomic mass is 32.1. The van der Waals surface area contributed by atoms with Gasteiger partial charge >= 0.3 is 12.1 Å². The zero-order valence-corrected chi connectivity index (χ0v) is 20.4. The van der Waals surface area contributed by atoms with Crippen LogP contribution in [0.2, 0.25) is 0 Å². The molecule has 0 radical (unpaired) electrons. The second-order valence-corrected chi connectivity index (χ2v) is 8.32. The van der Waals surface area contributed by atoms with Gasteiger partial charge in [-0.05, 0) is 19.1 Å². The van der Waals surface area contributed by atoms with Gasteiger partial charge in [0.1, 0.15) is 18.2 Å². The number of hydrogen-bond acceptors (Lipinski definition) is 8. The van der Waals surface area contributed by atoms with E-state index in [-0.39, 0.29) is 17.6 Å². The standard InChI is InChI=1S/C23H25F3N4O6S/c1-14(37)35-17-10-19(36-18(17)12-31)30(13-32)11-16(8-5-9-28-22(34)23(24,25)26)20(27)29-21(33)15-6-3-2-4-7-15/h2-4,6-7,11,13-14,17-19,31,37H,9-10,12H2,1H3,(H,28,34)(H2,27,29,33)/b16-11-/t14-,17?,18?,19?/m0/s1. The van der Waals surface area contributed by atoms with Gasteiger partial charge in [-0.3, -0.25) is 24.7 Å². The Labute approximate surface area is 216 Å². The lowest BCUT2D eigenvalue weighted by Gasteiger charge is -2.21. The normalized spacial score (nSPS) is 20.3. The minimum atomic E-state index is -5.10. The van der Waals surface area contributed by atoms with E-state index < -0.39 is 60.8 Å². The SMILES string of the molecule is C[C@H](S)OC1CC(N(C=O)/C=C(/C#CCNC(=O)C(F)(F)F)C(=N)NC(=O)c2ccccc2)OC1CO. The second-order valence-electron chi connectivity index (χ2n) is 7.59. The first-order chi connectivity index (χ1) is 17.5. The topological polar surface area (TPSA) is 141 Å². The number of carbonyl (C=O) groups excluding carboxylic acids is 3. The predicted molar refractivity (Wildman–Crippen MR) is 128 cm³/mol. The molecule has 0 saturated carbocycles. The lowest BCUT2D eigenvalue weighted by molar-refractivity contribution is -0.173. The number of ether oxygens (including phenoxy) is 2. The van der Waals surface area contributed by atoms with Gasteiger partial charge in [-0.15, -0.1) is 12.6 Å². The Morgan fingerprint density at radius 1 is 1.38 bits per heavy atom. The highest BCUT2D eigenvalue weighted by molar-refractivity contribution is 7.80. The zero-order chi connectivity index (χ0) is 27.6. The van der Waals surface area contributed by atoms with Crippen molar-refractivity contribution >= 4 is 36.7 Å². The number of halogens is 3. The average Bonchev–Trinajstić information content (AvgIpc) is 3.25. The van der Waals surface area contributed by atoms with Gasteiger partial charge in [0.15, 0.2) is 0 Å². The fraction of sp³-hybridized carbons (Fsp3) is 0.391. The maximum absolute atomic E-state index is 12.5. The van der Waals surface area contributed by atoms with Gasteiger partial charge < -0.3 is 25.2 Å². The molecule has 14 heteroatoms. The molecule has 10 nitrogen and oxygen atoms in total. The Kier molecular flexibility index (Phi) is 11.1. The van der Waals surface area contributed by atoms with E-state index in [9.17, 15) is 32.7 Å². The van der Waals surface area contributed by atoms with E-state index in [1.165, 1.54) is 12.1 Å². The second kappa shape index (κ2) is 13.8. The van der Waals surface area contributed by atoms with E-state index in [0.29, 0.717) is 6.41 Å². The summed E-state index contributed by atoms with van der Waals surface area (Å²) in [6.07, 6.45) is -5.90. The fourth-order valence-electron chi connectivity index (χ4n) is 3.14. The number of hydrogen-bond donors (Lipinski definition) is 5. The minimum Gasteiger partial charge on any atom is -0.394 e. The summed E-state index contributed by atoms with van der Waals surface area (Å²) in [6.45, 7) is 0.524. The van der Waals surface area contributed by atoms with E-state index in [1.807, 2.05) is 0 Å². The molecular weight excluding hydrogens is 517 g/mol. The van der Waals surface area contributed by atoms with Gasteiger partial charge in [-0.1, -0.05) is 30.0 Å². The molecule has 37 heavy (non-hydrogen) atoms. The maximum atomic E-state index is 12.5. The molecule has 1 aromatic rings. The number of nitrogens with one attached hydrogen (secondary N) is 3. The number of rotatable bonds is 9. The van der Waals surface area contributed by atoms with Crippen LogP contribution in [-0.2, 0) is 19.1 Å². The Morgan fingerprint density at radius 2 is 2.05 bits per heavy atom. The van der Waals surface area contributed by atoms with Gasteiger partial charge in [0.25, 0.3) is 5.91 Å². The molecule has 1 fully saturated rings. The molecule has 1 aliphatic rings. The van der Waals surface area contributed by atoms with Crippen LogP contribution in [0.5, 0.6) is 0 Å². The molecule has 1 aliphatic heterocycles. The molecule has 200 valence electrons. The molecule has 1 heterocycles. The molecule has 0 aromatic heterocycles. The van der Waals surface area contributed by atoms with Gasteiger partial charge in [-0.2, -0.15) is 13.2 Å². The lowest BCUT2D eigenvalue weighted by Crippen LogP contribution is -2.37. The van der Waals surface area contributed by atoms with Crippen LogP contribution < -0.4 is 10.6 Å². The number of nitrogens with zero attached hydrogens (tertiary/aromatic N) is 1. The highest BCUT2D eigenvalue weighted by Crippen LogP contribution is 2.27. The summed E-state index contributed by atoms with van der Waals surface area (Å²) in [5, 5.41) is 21.7. The molecule has 4 N–H and O–H groups in total. The van der Waals surface area contributed by atoms with Crippen molar-refractivity contribution in [3.8, 4) is 11.8 Å². The van der Waals surface area contributed by atoms with Crippen molar-refractivity contribution in [2.45, 2.75) is 43.4 Å². The van der Waals surface area contributed by atoms with E-state index >= 15 is 0 Å². The van der Waals surface area contributed by atoms with Gasteiger partial charge in [0.2, 0.25) is 6.41 Å². The fourth-order valence-corrected chi connectivity index (χ4v) is 3.30. The molecule has 3 amide bonds. The molecule has 1 aromatic carbocycles. The lowest BCUT2D eigenvalue weighted by atomic mass is 10.1. The van der Waals surface area contributed by atoms with Crippen LogP contribution >= 0.6 is 12.6 Å². The molecule has 3 unspecified atom stereocenters. The molecule has 4 atom stereocenters. The third-order valence-electron chi connectivity index (χ3n) is 4.83. The van der Waals surface area contributed by atoms with Crippen LogP contribution in [0.1, 0.15) is 23.7 Å². The Morgan fingerprint density at radius 3 is 2.62 bits per heavy atom. The number of thiol groups is 1. The Bertz CT molecular complexity index is 1070. The van der Waals surface area contributed by atoms with Gasteiger partial charge in [-0.25, -0.2) is 0 Å². The van der Waals surface area contributed by atoms with Crippen molar-refractivity contribution in [1.29, 1.82) is 5.41 Å². The minimum absolute atomic E-state index is 0.122. The number of alkyl halides is 3. The number of carbonyl (C=O) groups is 3. The van der Waals surface area contributed by atoms with Crippen LogP contribution in [0.25, 0.3) is 0 Å². The number of amides is 3. The third kappa shape index (κ3) is 9.21. The monoisotopic (exact) mass is 542 g/mol. The van der Waals surface area contributed by atoms with E-state index in [2.05, 4.69) is 29.8 Å². The van der Waals surface area contributed by atoms with Crippen LogP contribution in [0.4, 0.5) is 13.2 Å². The van der Waals surface area contributed by atoms with Crippen molar-refractivity contribution in [1.82, 2.24) is 15.5 Å². The quantitative estimate of drug-likeness (QED) is 0.0793. The summed E-state index contributed by atoms with van der Waals surface area (Å²) in [6, 6.07) is 7.87. The smallest absolute Gasteiger partial charge is 0.394 e. The number of benzene rings is 1. The first kappa shape index (κ1) is 29.8. The molecule has 2 rings (SSSR count). The van der Waals surface area contributed by atoms with Crippen LogP contribution in [0, 0.1) is 17.3 Å². The molecular formula is C23H25F3N4O6S. The van der Waals surface area contributed by atoms with E-state index in [4.69, 9.17) is 14.9 Å². The largest absolute Gasteiger partial charge is 0.471 e. The molecule has 1 saturated heterocycles. The van der Waals surface area contributed by atoms with Crippen molar-refractivity contribution in [3.05, 3.63) is 47.7 Å². The predicted octanol–water partition coefficient (Wildman–Crippen LogP) is 1.19. The number of aliphatic hydroxyl groups excluding tert-OH is 1. The number of aliphatic hydroxyl groups is 1.